The molecule has 3 N–H and O–H groups in total. The lowest BCUT2D eigenvalue weighted by molar-refractivity contribution is -0.143. The highest BCUT2D eigenvalue weighted by Crippen LogP contribution is 2.24. The topological polar surface area (TPSA) is 101 Å². The van der Waals surface area contributed by atoms with Gasteiger partial charge >= 0.3 is 5.97 Å². The number of alkyl halides is 1. The predicted octanol–water partition coefficient (Wildman–Crippen LogP) is 4.92. The number of benzene rings is 3. The number of aliphatic carboxylic acids is 1. The molecule has 0 aliphatic carbocycles. The Morgan fingerprint density at radius 3 is 2.24 bits per heavy atom. The van der Waals surface area contributed by atoms with Gasteiger partial charge in [-0.1, -0.05) is 82.2 Å². The standard InChI is InChI=1S/C27H27BrN2O4/c1-18-4-2-6-20(14-18)17-30(24(27(33)34)12-13-25(29)31)26(32)22-10-8-21(9-11-22)23-7-3-5-19(15-23)16-28/h2-11,14-15,24H,12-13,16-17H2,1H3,(H2,29,31)(H,33,34)/t24-/m0/s1. The fraction of sp³-hybridized carbons (Fsp3) is 0.222. The van der Waals surface area contributed by atoms with Gasteiger partial charge in [-0.3, -0.25) is 9.59 Å². The minimum Gasteiger partial charge on any atom is -0.480 e. The molecule has 0 aliphatic heterocycles. The number of hydrogen-bond acceptors (Lipinski definition) is 3. The summed E-state index contributed by atoms with van der Waals surface area (Å²) in [4.78, 5) is 38.2. The van der Waals surface area contributed by atoms with Crippen molar-refractivity contribution < 1.29 is 19.5 Å². The molecule has 3 aromatic rings. The van der Waals surface area contributed by atoms with Crippen LogP contribution in [0, 0.1) is 6.92 Å². The summed E-state index contributed by atoms with van der Waals surface area (Å²) in [5.74, 6) is -2.20. The second-order valence-electron chi connectivity index (χ2n) is 8.19. The number of primary amides is 1. The van der Waals surface area contributed by atoms with Crippen molar-refractivity contribution in [1.29, 1.82) is 0 Å². The van der Waals surface area contributed by atoms with Gasteiger partial charge in [0, 0.05) is 23.9 Å². The van der Waals surface area contributed by atoms with E-state index in [0.717, 1.165) is 33.1 Å². The van der Waals surface area contributed by atoms with Crippen molar-refractivity contribution >= 4 is 33.7 Å². The Balaban J connectivity index is 1.92. The van der Waals surface area contributed by atoms with Crippen LogP contribution in [0.3, 0.4) is 0 Å². The van der Waals surface area contributed by atoms with Crippen molar-refractivity contribution in [1.82, 2.24) is 4.90 Å². The first-order chi connectivity index (χ1) is 16.3. The van der Waals surface area contributed by atoms with Crippen LogP contribution in [0.15, 0.2) is 72.8 Å². The van der Waals surface area contributed by atoms with Gasteiger partial charge in [0.25, 0.3) is 5.91 Å². The van der Waals surface area contributed by atoms with Crippen molar-refractivity contribution in [2.45, 2.75) is 37.7 Å². The summed E-state index contributed by atoms with van der Waals surface area (Å²) in [6, 6.07) is 21.5. The Bertz CT molecular complexity index is 1180. The molecular weight excluding hydrogens is 496 g/mol. The number of carbonyl (C=O) groups excluding carboxylic acids is 2. The van der Waals surface area contributed by atoms with Gasteiger partial charge in [-0.05, 0) is 47.7 Å². The van der Waals surface area contributed by atoms with E-state index in [1.165, 1.54) is 4.90 Å². The lowest BCUT2D eigenvalue weighted by Gasteiger charge is -2.29. The molecule has 7 heteroatoms. The van der Waals surface area contributed by atoms with Crippen LogP contribution in [0.4, 0.5) is 0 Å². The van der Waals surface area contributed by atoms with E-state index in [1.54, 1.807) is 12.1 Å². The second kappa shape index (κ2) is 11.6. The number of carboxylic acids is 1. The monoisotopic (exact) mass is 522 g/mol. The van der Waals surface area contributed by atoms with Crippen molar-refractivity contribution in [2.75, 3.05) is 0 Å². The summed E-state index contributed by atoms with van der Waals surface area (Å²) in [6.07, 6.45) is -0.183. The zero-order valence-electron chi connectivity index (χ0n) is 18.9. The number of rotatable bonds is 10. The van der Waals surface area contributed by atoms with Gasteiger partial charge in [-0.15, -0.1) is 0 Å². The van der Waals surface area contributed by atoms with Crippen molar-refractivity contribution in [3.05, 3.63) is 95.1 Å². The van der Waals surface area contributed by atoms with Gasteiger partial charge in [-0.25, -0.2) is 4.79 Å². The fourth-order valence-corrected chi connectivity index (χ4v) is 4.18. The van der Waals surface area contributed by atoms with E-state index in [0.29, 0.717) is 5.56 Å². The molecule has 0 aromatic heterocycles. The van der Waals surface area contributed by atoms with E-state index in [-0.39, 0.29) is 19.4 Å². The van der Waals surface area contributed by atoms with E-state index >= 15 is 0 Å². The first-order valence-electron chi connectivity index (χ1n) is 10.9. The average molecular weight is 523 g/mol. The third-order valence-electron chi connectivity index (χ3n) is 5.57. The van der Waals surface area contributed by atoms with Gasteiger partial charge in [0.15, 0.2) is 0 Å². The molecule has 3 aromatic carbocycles. The van der Waals surface area contributed by atoms with Crippen LogP contribution in [0.2, 0.25) is 0 Å². The Morgan fingerprint density at radius 2 is 1.62 bits per heavy atom. The molecular formula is C27H27BrN2O4. The molecule has 0 radical (unpaired) electrons. The SMILES string of the molecule is Cc1cccc(CN(C(=O)c2ccc(-c3cccc(CBr)c3)cc2)[C@@H](CCC(N)=O)C(=O)O)c1. The molecule has 0 fully saturated rings. The van der Waals surface area contributed by atoms with E-state index in [1.807, 2.05) is 61.5 Å². The van der Waals surface area contributed by atoms with Crippen molar-refractivity contribution in [3.63, 3.8) is 0 Å². The summed E-state index contributed by atoms with van der Waals surface area (Å²) >= 11 is 3.46. The van der Waals surface area contributed by atoms with Crippen LogP contribution < -0.4 is 5.73 Å². The Morgan fingerprint density at radius 1 is 0.941 bits per heavy atom. The lowest BCUT2D eigenvalue weighted by Crippen LogP contribution is -2.45. The van der Waals surface area contributed by atoms with Crippen LogP contribution >= 0.6 is 15.9 Å². The third kappa shape index (κ3) is 6.54. The van der Waals surface area contributed by atoms with Crippen LogP contribution in [-0.2, 0) is 21.5 Å². The minimum atomic E-state index is -1.18. The summed E-state index contributed by atoms with van der Waals surface area (Å²) in [6.45, 7) is 2.03. The number of amides is 2. The molecule has 0 saturated heterocycles. The summed E-state index contributed by atoms with van der Waals surface area (Å²) in [7, 11) is 0. The molecule has 0 unspecified atom stereocenters. The fourth-order valence-electron chi connectivity index (χ4n) is 3.83. The molecule has 176 valence electrons. The maximum absolute atomic E-state index is 13.5. The predicted molar refractivity (Wildman–Crippen MR) is 135 cm³/mol. The van der Waals surface area contributed by atoms with Gasteiger partial charge in [-0.2, -0.15) is 0 Å². The van der Waals surface area contributed by atoms with Crippen LogP contribution in [0.5, 0.6) is 0 Å². The maximum Gasteiger partial charge on any atom is 0.326 e. The third-order valence-corrected chi connectivity index (χ3v) is 6.22. The van der Waals surface area contributed by atoms with Crippen molar-refractivity contribution in [3.8, 4) is 11.1 Å². The maximum atomic E-state index is 13.5. The number of nitrogens with two attached hydrogens (primary N) is 1. The molecule has 3 rings (SSSR count). The number of halogens is 1. The van der Waals surface area contributed by atoms with Crippen LogP contribution in [0.25, 0.3) is 11.1 Å². The highest BCUT2D eigenvalue weighted by atomic mass is 79.9. The van der Waals surface area contributed by atoms with E-state index in [4.69, 9.17) is 5.73 Å². The molecule has 1 atom stereocenters. The highest BCUT2D eigenvalue weighted by molar-refractivity contribution is 9.08. The number of aryl methyl sites for hydroxylation is 1. The van der Waals surface area contributed by atoms with Gasteiger partial charge < -0.3 is 15.7 Å². The Hall–Kier alpha value is -3.45. The molecule has 6 nitrogen and oxygen atoms in total. The number of carbonyl (C=O) groups is 3. The summed E-state index contributed by atoms with van der Waals surface area (Å²) in [5.41, 5.74) is 10.6. The quantitative estimate of drug-likeness (QED) is 0.369. The number of hydrogen-bond donors (Lipinski definition) is 2. The average Bonchev–Trinajstić information content (AvgIpc) is 2.83. The van der Waals surface area contributed by atoms with Crippen molar-refractivity contribution in [2.24, 2.45) is 5.73 Å². The van der Waals surface area contributed by atoms with Gasteiger partial charge in [0.05, 0.1) is 0 Å². The lowest BCUT2D eigenvalue weighted by atomic mass is 10.0. The molecule has 0 saturated carbocycles. The largest absolute Gasteiger partial charge is 0.480 e. The molecule has 34 heavy (non-hydrogen) atoms. The van der Waals surface area contributed by atoms with Crippen LogP contribution in [-0.4, -0.2) is 33.8 Å². The Kier molecular flexibility index (Phi) is 8.60. The summed E-state index contributed by atoms with van der Waals surface area (Å²) in [5, 5.41) is 10.6. The minimum absolute atomic E-state index is 0.0559. The first kappa shape index (κ1) is 25.2. The highest BCUT2D eigenvalue weighted by Gasteiger charge is 2.30. The van der Waals surface area contributed by atoms with Crippen LogP contribution in [0.1, 0.15) is 39.9 Å². The van der Waals surface area contributed by atoms with Gasteiger partial charge in [0.1, 0.15) is 6.04 Å². The first-order valence-corrected chi connectivity index (χ1v) is 12.0. The zero-order valence-corrected chi connectivity index (χ0v) is 20.5. The van der Waals surface area contributed by atoms with E-state index < -0.39 is 23.8 Å². The summed E-state index contributed by atoms with van der Waals surface area (Å²) < 4.78 is 0. The number of nitrogens with zero attached hydrogens (tertiary/aromatic N) is 1. The zero-order chi connectivity index (χ0) is 24.7. The molecule has 0 spiro atoms. The normalized spacial score (nSPS) is 11.6. The Labute approximate surface area is 207 Å². The van der Waals surface area contributed by atoms with Gasteiger partial charge in [0.2, 0.25) is 5.91 Å². The molecule has 0 bridgehead atoms. The second-order valence-corrected chi connectivity index (χ2v) is 8.75. The smallest absolute Gasteiger partial charge is 0.326 e. The number of carboxylic acid groups (broad SMARTS) is 1. The molecule has 0 aliphatic rings. The molecule has 2 amide bonds. The molecule has 0 heterocycles. The van der Waals surface area contributed by atoms with E-state index in [9.17, 15) is 19.5 Å². The van der Waals surface area contributed by atoms with E-state index in [2.05, 4.69) is 22.0 Å².